The molecule has 9 heteroatoms. The Morgan fingerprint density at radius 3 is 2.09 bits per heavy atom. The van der Waals surface area contributed by atoms with Gasteiger partial charge in [0.05, 0.1) is 17.7 Å². The topological polar surface area (TPSA) is 96.0 Å². The normalized spacial score (nSPS) is 12.2. The van der Waals surface area contributed by atoms with Crippen molar-refractivity contribution in [1.82, 2.24) is 10.2 Å². The van der Waals surface area contributed by atoms with Crippen LogP contribution in [0.15, 0.2) is 108 Å². The van der Waals surface area contributed by atoms with E-state index in [9.17, 15) is 18.0 Å². The van der Waals surface area contributed by atoms with Gasteiger partial charge >= 0.3 is 0 Å². The lowest BCUT2D eigenvalue weighted by Gasteiger charge is -2.35. The van der Waals surface area contributed by atoms with Crippen LogP contribution < -0.4 is 14.4 Å². The van der Waals surface area contributed by atoms with Gasteiger partial charge in [-0.3, -0.25) is 13.9 Å². The zero-order chi connectivity index (χ0) is 33.5. The summed E-state index contributed by atoms with van der Waals surface area (Å²) in [5.41, 5.74) is 3.14. The van der Waals surface area contributed by atoms with Crippen LogP contribution in [-0.4, -0.2) is 50.4 Å². The quantitative estimate of drug-likeness (QED) is 0.203. The molecular weight excluding hydrogens is 598 g/mol. The van der Waals surface area contributed by atoms with Crippen molar-refractivity contribution in [1.29, 1.82) is 0 Å². The molecular formula is C37H43N3O5S. The first-order chi connectivity index (χ1) is 21.8. The van der Waals surface area contributed by atoms with Crippen LogP contribution in [0, 0.1) is 13.8 Å². The van der Waals surface area contributed by atoms with Gasteiger partial charge in [0.25, 0.3) is 10.0 Å². The largest absolute Gasteiger partial charge is 0.497 e. The Bertz CT molecular complexity index is 1750. The van der Waals surface area contributed by atoms with Crippen LogP contribution in [0.25, 0.3) is 0 Å². The standard InChI is InChI=1S/C37H43N3O5S/c1-27-18-20-33(21-19-27)46(43,44)40(31-16-10-12-28(2)22-31)26-35(41)39(25-30-15-11-17-32(23-30)45-6)34(36(42)38-37(3,4)5)24-29-13-8-7-9-14-29/h7-23,34H,24-26H2,1-6H3,(H,38,42). The molecule has 242 valence electrons. The molecule has 0 bridgehead atoms. The highest BCUT2D eigenvalue weighted by Gasteiger charge is 2.35. The van der Waals surface area contributed by atoms with E-state index in [1.165, 1.54) is 4.90 Å². The van der Waals surface area contributed by atoms with Crippen molar-refractivity contribution < 1.29 is 22.7 Å². The van der Waals surface area contributed by atoms with Crippen LogP contribution >= 0.6 is 0 Å². The van der Waals surface area contributed by atoms with Crippen LogP contribution in [-0.2, 0) is 32.6 Å². The molecule has 46 heavy (non-hydrogen) atoms. The fourth-order valence-electron chi connectivity index (χ4n) is 5.12. The number of nitrogens with zero attached hydrogens (tertiary/aromatic N) is 2. The van der Waals surface area contributed by atoms with E-state index in [-0.39, 0.29) is 23.8 Å². The fraction of sp³-hybridized carbons (Fsp3) is 0.297. The molecule has 0 heterocycles. The van der Waals surface area contributed by atoms with Crippen molar-refractivity contribution in [2.45, 2.75) is 64.1 Å². The number of nitrogens with one attached hydrogen (secondary N) is 1. The van der Waals surface area contributed by atoms with Gasteiger partial charge in [-0.1, -0.05) is 72.3 Å². The first-order valence-electron chi connectivity index (χ1n) is 15.2. The molecule has 0 spiro atoms. The van der Waals surface area contributed by atoms with Crippen molar-refractivity contribution in [3.05, 3.63) is 125 Å². The maximum Gasteiger partial charge on any atom is 0.264 e. The average molecular weight is 642 g/mol. The Kier molecular flexibility index (Phi) is 10.9. The highest BCUT2D eigenvalue weighted by molar-refractivity contribution is 7.92. The maximum atomic E-state index is 14.6. The summed E-state index contributed by atoms with van der Waals surface area (Å²) in [6.07, 6.45) is 0.230. The minimum Gasteiger partial charge on any atom is -0.497 e. The smallest absolute Gasteiger partial charge is 0.264 e. The van der Waals surface area contributed by atoms with Crippen molar-refractivity contribution in [3.8, 4) is 5.75 Å². The highest BCUT2D eigenvalue weighted by atomic mass is 32.2. The number of anilines is 1. The molecule has 4 aromatic carbocycles. The maximum absolute atomic E-state index is 14.6. The number of ether oxygens (including phenoxy) is 1. The average Bonchev–Trinajstić information content (AvgIpc) is 3.01. The third kappa shape index (κ3) is 8.97. The van der Waals surface area contributed by atoms with Crippen molar-refractivity contribution in [2.24, 2.45) is 0 Å². The third-order valence-electron chi connectivity index (χ3n) is 7.43. The van der Waals surface area contributed by atoms with Crippen molar-refractivity contribution in [3.63, 3.8) is 0 Å². The van der Waals surface area contributed by atoms with Gasteiger partial charge in [-0.25, -0.2) is 8.42 Å². The molecule has 0 saturated carbocycles. The number of hydrogen-bond donors (Lipinski definition) is 1. The Hall–Kier alpha value is -4.63. The molecule has 1 N–H and O–H groups in total. The summed E-state index contributed by atoms with van der Waals surface area (Å²) in [7, 11) is -2.61. The SMILES string of the molecule is COc1cccc(CN(C(=O)CN(c2cccc(C)c2)S(=O)(=O)c2ccc(C)cc2)C(Cc2ccccc2)C(=O)NC(C)(C)C)c1. The summed E-state index contributed by atoms with van der Waals surface area (Å²) in [4.78, 5) is 30.2. The van der Waals surface area contributed by atoms with E-state index in [0.29, 0.717) is 11.4 Å². The summed E-state index contributed by atoms with van der Waals surface area (Å²) < 4.78 is 35.0. The van der Waals surface area contributed by atoms with Crippen LogP contribution in [0.3, 0.4) is 0 Å². The van der Waals surface area contributed by atoms with Crippen LogP contribution in [0.4, 0.5) is 5.69 Å². The molecule has 0 fully saturated rings. The Morgan fingerprint density at radius 2 is 1.46 bits per heavy atom. The van der Waals surface area contributed by atoms with Crippen molar-refractivity contribution >= 4 is 27.5 Å². The lowest BCUT2D eigenvalue weighted by Crippen LogP contribution is -2.56. The highest BCUT2D eigenvalue weighted by Crippen LogP contribution is 2.26. The van der Waals surface area contributed by atoms with Gasteiger partial charge in [-0.05, 0) is 87.7 Å². The van der Waals surface area contributed by atoms with Gasteiger partial charge in [-0.15, -0.1) is 0 Å². The molecule has 0 aromatic heterocycles. The number of methoxy groups -OCH3 is 1. The monoisotopic (exact) mass is 641 g/mol. The first-order valence-corrected chi connectivity index (χ1v) is 16.7. The van der Waals surface area contributed by atoms with E-state index in [1.807, 2.05) is 89.2 Å². The predicted molar refractivity (Wildman–Crippen MR) is 182 cm³/mol. The molecule has 0 aliphatic carbocycles. The zero-order valence-corrected chi connectivity index (χ0v) is 28.2. The fourth-order valence-corrected chi connectivity index (χ4v) is 6.53. The lowest BCUT2D eigenvalue weighted by molar-refractivity contribution is -0.140. The minimum atomic E-state index is -4.17. The van der Waals surface area contributed by atoms with Gasteiger partial charge in [0.15, 0.2) is 0 Å². The molecule has 8 nitrogen and oxygen atoms in total. The molecule has 4 rings (SSSR count). The Labute approximate surface area is 273 Å². The van der Waals surface area contributed by atoms with E-state index in [2.05, 4.69) is 5.32 Å². The summed E-state index contributed by atoms with van der Waals surface area (Å²) in [5.74, 6) is -0.256. The van der Waals surface area contributed by atoms with E-state index >= 15 is 0 Å². The number of carbonyl (C=O) groups is 2. The van der Waals surface area contributed by atoms with Gasteiger partial charge in [0.1, 0.15) is 18.3 Å². The summed E-state index contributed by atoms with van der Waals surface area (Å²) in [6.45, 7) is 8.92. The van der Waals surface area contributed by atoms with E-state index in [0.717, 1.165) is 26.6 Å². The number of hydrogen-bond acceptors (Lipinski definition) is 5. The predicted octanol–water partition coefficient (Wildman–Crippen LogP) is 6.06. The Morgan fingerprint density at radius 1 is 0.804 bits per heavy atom. The number of sulfonamides is 1. The number of aryl methyl sites for hydroxylation is 2. The van der Waals surface area contributed by atoms with E-state index < -0.39 is 34.1 Å². The second-order valence-electron chi connectivity index (χ2n) is 12.5. The number of rotatable bonds is 12. The lowest BCUT2D eigenvalue weighted by atomic mass is 10.0. The van der Waals surface area contributed by atoms with Gasteiger partial charge in [-0.2, -0.15) is 0 Å². The van der Waals surface area contributed by atoms with Crippen LogP contribution in [0.5, 0.6) is 5.75 Å². The van der Waals surface area contributed by atoms with Crippen molar-refractivity contribution in [2.75, 3.05) is 18.0 Å². The molecule has 1 atom stereocenters. The second-order valence-corrected chi connectivity index (χ2v) is 14.3. The van der Waals surface area contributed by atoms with Gasteiger partial charge in [0, 0.05) is 18.5 Å². The first kappa shape index (κ1) is 34.2. The van der Waals surface area contributed by atoms with Crippen LogP contribution in [0.1, 0.15) is 43.0 Å². The molecule has 2 amide bonds. The number of amides is 2. The summed E-state index contributed by atoms with van der Waals surface area (Å²) in [6, 6.07) is 29.4. The van der Waals surface area contributed by atoms with E-state index in [1.54, 1.807) is 55.6 Å². The van der Waals surface area contributed by atoms with E-state index in [4.69, 9.17) is 4.74 Å². The molecule has 0 aliphatic heterocycles. The zero-order valence-electron chi connectivity index (χ0n) is 27.4. The van der Waals surface area contributed by atoms with Gasteiger partial charge in [0.2, 0.25) is 11.8 Å². The summed E-state index contributed by atoms with van der Waals surface area (Å²) >= 11 is 0. The minimum absolute atomic E-state index is 0.0529. The van der Waals surface area contributed by atoms with Gasteiger partial charge < -0.3 is 15.0 Å². The molecule has 1 unspecified atom stereocenters. The summed E-state index contributed by atoms with van der Waals surface area (Å²) in [5, 5.41) is 3.05. The molecule has 0 saturated heterocycles. The molecule has 0 radical (unpaired) electrons. The molecule has 4 aromatic rings. The number of carbonyl (C=O) groups excluding carboxylic acids is 2. The third-order valence-corrected chi connectivity index (χ3v) is 9.22. The second kappa shape index (κ2) is 14.6. The molecule has 0 aliphatic rings. The van der Waals surface area contributed by atoms with Crippen LogP contribution in [0.2, 0.25) is 0 Å². The number of benzene rings is 4. The Balaban J connectivity index is 1.83.